The summed E-state index contributed by atoms with van der Waals surface area (Å²) in [5.41, 5.74) is 7.13. The minimum Gasteiger partial charge on any atom is -0.349 e. The molecule has 1 amide bonds. The second kappa shape index (κ2) is 8.98. The SMILES string of the molecule is CCC(CC)(CN)NC(=O)Cc1cn2ccccc2n1.Cl.Cl. The van der Waals surface area contributed by atoms with Crippen molar-refractivity contribution < 1.29 is 4.79 Å². The summed E-state index contributed by atoms with van der Waals surface area (Å²) in [4.78, 5) is 16.6. The predicted octanol–water partition coefficient (Wildman–Crippen LogP) is 2.35. The number of nitrogens with zero attached hydrogens (tertiary/aromatic N) is 2. The summed E-state index contributed by atoms with van der Waals surface area (Å²) in [5.74, 6) is -0.0254. The van der Waals surface area contributed by atoms with Crippen LogP contribution in [0.5, 0.6) is 0 Å². The average molecular weight is 347 g/mol. The maximum absolute atomic E-state index is 12.2. The highest BCUT2D eigenvalue weighted by Crippen LogP contribution is 2.14. The molecule has 0 aliphatic heterocycles. The third-order valence-corrected chi connectivity index (χ3v) is 3.90. The minimum atomic E-state index is -0.295. The van der Waals surface area contributed by atoms with Crippen molar-refractivity contribution in [3.8, 4) is 0 Å². The molecule has 0 bridgehead atoms. The molecule has 124 valence electrons. The third kappa shape index (κ3) is 4.60. The third-order valence-electron chi connectivity index (χ3n) is 3.90. The molecule has 2 aromatic rings. The first-order valence-corrected chi connectivity index (χ1v) is 7.06. The summed E-state index contributed by atoms with van der Waals surface area (Å²) in [6, 6.07) is 5.79. The summed E-state index contributed by atoms with van der Waals surface area (Å²) in [6.07, 6.45) is 5.75. The Morgan fingerprint density at radius 1 is 1.32 bits per heavy atom. The van der Waals surface area contributed by atoms with Crippen molar-refractivity contribution in [3.05, 3.63) is 36.3 Å². The molecule has 2 aromatic heterocycles. The lowest BCUT2D eigenvalue weighted by Gasteiger charge is -2.31. The number of pyridine rings is 1. The Hall–Kier alpha value is -1.30. The normalized spacial score (nSPS) is 10.7. The van der Waals surface area contributed by atoms with Crippen LogP contribution in [0.25, 0.3) is 5.65 Å². The van der Waals surface area contributed by atoms with Gasteiger partial charge in [0.2, 0.25) is 5.91 Å². The van der Waals surface area contributed by atoms with Crippen LogP contribution in [0.4, 0.5) is 0 Å². The fourth-order valence-corrected chi connectivity index (χ4v) is 2.34. The number of hydrogen-bond donors (Lipinski definition) is 2. The maximum Gasteiger partial charge on any atom is 0.226 e. The van der Waals surface area contributed by atoms with Crippen molar-refractivity contribution in [2.45, 2.75) is 38.6 Å². The maximum atomic E-state index is 12.2. The Labute approximate surface area is 143 Å². The van der Waals surface area contributed by atoms with Gasteiger partial charge < -0.3 is 15.5 Å². The second-order valence-electron chi connectivity index (χ2n) is 5.11. The molecular formula is C15H24Cl2N4O. The van der Waals surface area contributed by atoms with E-state index < -0.39 is 0 Å². The fourth-order valence-electron chi connectivity index (χ4n) is 2.34. The summed E-state index contributed by atoms with van der Waals surface area (Å²) in [7, 11) is 0. The van der Waals surface area contributed by atoms with E-state index in [1.807, 2.05) is 48.8 Å². The van der Waals surface area contributed by atoms with E-state index in [1.165, 1.54) is 0 Å². The second-order valence-corrected chi connectivity index (χ2v) is 5.11. The van der Waals surface area contributed by atoms with Gasteiger partial charge >= 0.3 is 0 Å². The van der Waals surface area contributed by atoms with E-state index in [1.54, 1.807) is 0 Å². The number of carbonyl (C=O) groups is 1. The highest BCUT2D eigenvalue weighted by Gasteiger charge is 2.26. The van der Waals surface area contributed by atoms with E-state index in [9.17, 15) is 4.79 Å². The molecule has 0 radical (unpaired) electrons. The number of imidazole rings is 1. The Morgan fingerprint density at radius 2 is 2.00 bits per heavy atom. The molecular weight excluding hydrogens is 323 g/mol. The van der Waals surface area contributed by atoms with Gasteiger partial charge in [-0.3, -0.25) is 4.79 Å². The Balaban J connectivity index is 0.00000220. The molecule has 0 aliphatic rings. The van der Waals surface area contributed by atoms with E-state index in [2.05, 4.69) is 10.3 Å². The lowest BCUT2D eigenvalue weighted by atomic mass is 9.92. The van der Waals surface area contributed by atoms with Gasteiger partial charge in [-0.15, -0.1) is 24.8 Å². The molecule has 2 rings (SSSR count). The van der Waals surface area contributed by atoms with Crippen molar-refractivity contribution in [2.75, 3.05) is 6.54 Å². The van der Waals surface area contributed by atoms with Crippen molar-refractivity contribution in [3.63, 3.8) is 0 Å². The molecule has 0 aliphatic carbocycles. The largest absolute Gasteiger partial charge is 0.349 e. The highest BCUT2D eigenvalue weighted by molar-refractivity contribution is 5.85. The summed E-state index contributed by atoms with van der Waals surface area (Å²) < 4.78 is 1.92. The highest BCUT2D eigenvalue weighted by atomic mass is 35.5. The molecule has 2 heterocycles. The first kappa shape index (κ1) is 20.7. The van der Waals surface area contributed by atoms with Crippen molar-refractivity contribution in [2.24, 2.45) is 5.73 Å². The van der Waals surface area contributed by atoms with E-state index in [-0.39, 0.29) is 42.7 Å². The number of nitrogens with one attached hydrogen (secondary N) is 1. The molecule has 0 saturated carbocycles. The van der Waals surface area contributed by atoms with E-state index in [4.69, 9.17) is 5.73 Å². The van der Waals surface area contributed by atoms with Gasteiger partial charge in [-0.2, -0.15) is 0 Å². The molecule has 0 aromatic carbocycles. The van der Waals surface area contributed by atoms with Crippen LogP contribution in [-0.4, -0.2) is 27.4 Å². The first-order chi connectivity index (χ1) is 9.62. The van der Waals surface area contributed by atoms with E-state index in [0.29, 0.717) is 6.54 Å². The van der Waals surface area contributed by atoms with Crippen molar-refractivity contribution in [1.82, 2.24) is 14.7 Å². The van der Waals surface area contributed by atoms with Gasteiger partial charge in [0.25, 0.3) is 0 Å². The topological polar surface area (TPSA) is 72.4 Å². The number of aromatic nitrogens is 2. The van der Waals surface area contributed by atoms with E-state index >= 15 is 0 Å². The number of halogens is 2. The van der Waals surface area contributed by atoms with Crippen LogP contribution in [0.1, 0.15) is 32.4 Å². The fraction of sp³-hybridized carbons (Fsp3) is 0.467. The first-order valence-electron chi connectivity index (χ1n) is 7.06. The lowest BCUT2D eigenvalue weighted by molar-refractivity contribution is -0.122. The zero-order valence-electron chi connectivity index (χ0n) is 12.9. The smallest absolute Gasteiger partial charge is 0.226 e. The van der Waals surface area contributed by atoms with Gasteiger partial charge in [-0.1, -0.05) is 19.9 Å². The number of nitrogens with two attached hydrogens (primary N) is 1. The quantitative estimate of drug-likeness (QED) is 0.843. The van der Waals surface area contributed by atoms with Crippen LogP contribution in [-0.2, 0) is 11.2 Å². The van der Waals surface area contributed by atoms with Crippen LogP contribution in [0.15, 0.2) is 30.6 Å². The van der Waals surface area contributed by atoms with Crippen LogP contribution in [0.2, 0.25) is 0 Å². The Kier molecular flexibility index (Phi) is 8.45. The van der Waals surface area contributed by atoms with Crippen LogP contribution in [0, 0.1) is 0 Å². The predicted molar refractivity (Wildman–Crippen MR) is 93.9 cm³/mol. The average Bonchev–Trinajstić information content (AvgIpc) is 2.87. The molecule has 0 fully saturated rings. The Bertz CT molecular complexity index is 555. The van der Waals surface area contributed by atoms with Gasteiger partial charge in [0, 0.05) is 18.9 Å². The summed E-state index contributed by atoms with van der Waals surface area (Å²) >= 11 is 0. The summed E-state index contributed by atoms with van der Waals surface area (Å²) in [6.45, 7) is 4.54. The Morgan fingerprint density at radius 3 is 2.55 bits per heavy atom. The van der Waals surface area contributed by atoms with Crippen LogP contribution >= 0.6 is 24.8 Å². The molecule has 22 heavy (non-hydrogen) atoms. The number of rotatable bonds is 6. The molecule has 0 atom stereocenters. The van der Waals surface area contributed by atoms with Crippen LogP contribution in [0.3, 0.4) is 0 Å². The number of fused-ring (bicyclic) bond motifs is 1. The molecule has 0 saturated heterocycles. The molecule has 3 N–H and O–H groups in total. The zero-order valence-corrected chi connectivity index (χ0v) is 14.5. The molecule has 0 spiro atoms. The number of carbonyl (C=O) groups excluding carboxylic acids is 1. The van der Waals surface area contributed by atoms with Crippen molar-refractivity contribution >= 4 is 36.4 Å². The molecule has 7 heteroatoms. The lowest BCUT2D eigenvalue weighted by Crippen LogP contribution is -2.53. The van der Waals surface area contributed by atoms with Crippen LogP contribution < -0.4 is 11.1 Å². The molecule has 5 nitrogen and oxygen atoms in total. The molecule has 0 unspecified atom stereocenters. The van der Waals surface area contributed by atoms with Gasteiger partial charge in [0.1, 0.15) is 5.65 Å². The number of amides is 1. The standard InChI is InChI=1S/C15H22N4O.2ClH/c1-3-15(4-2,11-16)18-14(20)9-12-10-19-8-6-5-7-13(19)17-12;;/h5-8,10H,3-4,9,11,16H2,1-2H3,(H,18,20);2*1H. The summed E-state index contributed by atoms with van der Waals surface area (Å²) in [5, 5.41) is 3.06. The monoisotopic (exact) mass is 346 g/mol. The van der Waals surface area contributed by atoms with E-state index in [0.717, 1.165) is 24.2 Å². The van der Waals surface area contributed by atoms with Gasteiger partial charge in [-0.25, -0.2) is 4.98 Å². The van der Waals surface area contributed by atoms with Gasteiger partial charge in [-0.05, 0) is 25.0 Å². The number of hydrogen-bond acceptors (Lipinski definition) is 3. The van der Waals surface area contributed by atoms with Gasteiger partial charge in [0.15, 0.2) is 0 Å². The van der Waals surface area contributed by atoms with Crippen molar-refractivity contribution in [1.29, 1.82) is 0 Å². The van der Waals surface area contributed by atoms with Gasteiger partial charge in [0.05, 0.1) is 17.7 Å². The zero-order chi connectivity index (χ0) is 14.6. The minimum absolute atomic E-state index is 0.